The summed E-state index contributed by atoms with van der Waals surface area (Å²) < 4.78 is 0. The van der Waals surface area contributed by atoms with Crippen molar-refractivity contribution in [1.82, 2.24) is 4.98 Å². The lowest BCUT2D eigenvalue weighted by atomic mass is 9.79. The molecule has 0 aromatic carbocycles. The van der Waals surface area contributed by atoms with Crippen LogP contribution in [-0.2, 0) is 0 Å². The van der Waals surface area contributed by atoms with Gasteiger partial charge in [0.15, 0.2) is 0 Å². The average Bonchev–Trinajstić information content (AvgIpc) is 2.37. The minimum Gasteiger partial charge on any atom is -0.397 e. The van der Waals surface area contributed by atoms with E-state index >= 15 is 0 Å². The van der Waals surface area contributed by atoms with Gasteiger partial charge >= 0.3 is 0 Å². The van der Waals surface area contributed by atoms with Gasteiger partial charge in [-0.1, -0.05) is 12.8 Å². The highest BCUT2D eigenvalue weighted by molar-refractivity contribution is 5.51. The van der Waals surface area contributed by atoms with Gasteiger partial charge in [0.2, 0.25) is 0 Å². The van der Waals surface area contributed by atoms with Crippen LogP contribution in [-0.4, -0.2) is 23.2 Å². The van der Waals surface area contributed by atoms with Crippen molar-refractivity contribution < 1.29 is 5.11 Å². The van der Waals surface area contributed by atoms with E-state index in [9.17, 15) is 5.11 Å². The molecule has 1 aliphatic carbocycles. The molecule has 2 atom stereocenters. The summed E-state index contributed by atoms with van der Waals surface area (Å²) in [6, 6.07) is 1.89. The number of aromatic nitrogens is 1. The highest BCUT2D eigenvalue weighted by atomic mass is 16.3. The number of anilines is 2. The second kappa shape index (κ2) is 5.87. The van der Waals surface area contributed by atoms with Gasteiger partial charge in [-0.15, -0.1) is 0 Å². The van der Waals surface area contributed by atoms with Gasteiger partial charge in [0.25, 0.3) is 0 Å². The first-order valence-corrected chi connectivity index (χ1v) is 6.35. The minimum atomic E-state index is 0.307. The summed E-state index contributed by atoms with van der Waals surface area (Å²) in [5.74, 6) is 1.01. The maximum absolute atomic E-state index is 9.34. The highest BCUT2D eigenvalue weighted by Crippen LogP contribution is 2.29. The maximum Gasteiger partial charge on any atom is 0.0547 e. The van der Waals surface area contributed by atoms with E-state index in [4.69, 9.17) is 5.73 Å². The summed E-state index contributed by atoms with van der Waals surface area (Å²) in [5, 5.41) is 12.7. The maximum atomic E-state index is 9.34. The molecule has 0 amide bonds. The summed E-state index contributed by atoms with van der Waals surface area (Å²) in [4.78, 5) is 4.05. The van der Waals surface area contributed by atoms with Crippen molar-refractivity contribution in [1.29, 1.82) is 0 Å². The Hall–Kier alpha value is -1.29. The molecule has 1 aliphatic rings. The molecular formula is C13H21N3O. The molecule has 4 heteroatoms. The molecule has 0 aliphatic heterocycles. The average molecular weight is 235 g/mol. The number of pyridine rings is 1. The van der Waals surface area contributed by atoms with E-state index in [2.05, 4.69) is 10.3 Å². The number of aliphatic hydroxyl groups excluding tert-OH is 1. The van der Waals surface area contributed by atoms with Gasteiger partial charge in [0.1, 0.15) is 0 Å². The lowest BCUT2D eigenvalue weighted by molar-refractivity contribution is 0.141. The molecule has 0 bridgehead atoms. The summed E-state index contributed by atoms with van der Waals surface area (Å²) >= 11 is 0. The molecule has 4 nitrogen and oxygen atoms in total. The Labute approximate surface area is 102 Å². The molecule has 4 N–H and O–H groups in total. The number of hydrogen-bond acceptors (Lipinski definition) is 4. The second-order valence-electron chi connectivity index (χ2n) is 4.88. The van der Waals surface area contributed by atoms with Crippen LogP contribution in [0.4, 0.5) is 11.4 Å². The molecular weight excluding hydrogens is 214 g/mol. The van der Waals surface area contributed by atoms with Gasteiger partial charge in [-0.3, -0.25) is 4.98 Å². The lowest BCUT2D eigenvalue weighted by Gasteiger charge is -2.30. The zero-order chi connectivity index (χ0) is 12.1. The molecule has 17 heavy (non-hydrogen) atoms. The van der Waals surface area contributed by atoms with Gasteiger partial charge in [0.05, 0.1) is 17.6 Å². The van der Waals surface area contributed by atoms with Gasteiger partial charge < -0.3 is 16.2 Å². The molecule has 0 saturated heterocycles. The van der Waals surface area contributed by atoms with Crippen LogP contribution >= 0.6 is 0 Å². The lowest BCUT2D eigenvalue weighted by Crippen LogP contribution is -2.28. The van der Waals surface area contributed by atoms with Crippen molar-refractivity contribution in [2.45, 2.75) is 25.7 Å². The minimum absolute atomic E-state index is 0.307. The topological polar surface area (TPSA) is 71.2 Å². The van der Waals surface area contributed by atoms with Crippen molar-refractivity contribution in [3.8, 4) is 0 Å². The van der Waals surface area contributed by atoms with E-state index in [0.29, 0.717) is 24.1 Å². The number of nitrogens with one attached hydrogen (secondary N) is 1. The van der Waals surface area contributed by atoms with Gasteiger partial charge in [-0.05, 0) is 30.7 Å². The van der Waals surface area contributed by atoms with E-state index in [1.54, 1.807) is 12.4 Å². The highest BCUT2D eigenvalue weighted by Gasteiger charge is 2.23. The molecule has 1 saturated carbocycles. The first-order chi connectivity index (χ1) is 8.29. The third-order valence-electron chi connectivity index (χ3n) is 3.63. The summed E-state index contributed by atoms with van der Waals surface area (Å²) in [6.07, 6.45) is 8.31. The van der Waals surface area contributed by atoms with Crippen LogP contribution in [0.2, 0.25) is 0 Å². The number of aliphatic hydroxyl groups is 1. The van der Waals surface area contributed by atoms with E-state index in [1.807, 2.05) is 6.07 Å². The SMILES string of the molecule is Nc1cncc(NCC2CCCCC2CO)c1. The quantitative estimate of drug-likeness (QED) is 0.745. The molecule has 1 fully saturated rings. The van der Waals surface area contributed by atoms with Gasteiger partial charge in [0, 0.05) is 19.3 Å². The molecule has 1 heterocycles. The van der Waals surface area contributed by atoms with E-state index in [1.165, 1.54) is 19.3 Å². The molecule has 2 rings (SSSR count). The normalized spacial score (nSPS) is 24.5. The Bertz CT molecular complexity index is 356. The fourth-order valence-corrected chi connectivity index (χ4v) is 2.60. The summed E-state index contributed by atoms with van der Waals surface area (Å²) in [6.45, 7) is 1.21. The van der Waals surface area contributed by atoms with Crippen molar-refractivity contribution in [3.63, 3.8) is 0 Å². The Morgan fingerprint density at radius 2 is 2.06 bits per heavy atom. The molecule has 1 aromatic rings. The number of hydrogen-bond donors (Lipinski definition) is 3. The largest absolute Gasteiger partial charge is 0.397 e. The standard InChI is InChI=1S/C13H21N3O/c14-12-5-13(8-15-7-12)16-6-10-3-1-2-4-11(10)9-17/h5,7-8,10-11,16-17H,1-4,6,9,14H2. The Morgan fingerprint density at radius 1 is 1.29 bits per heavy atom. The van der Waals surface area contributed by atoms with Crippen LogP contribution < -0.4 is 11.1 Å². The van der Waals surface area contributed by atoms with Gasteiger partial charge in [-0.25, -0.2) is 0 Å². The molecule has 0 radical (unpaired) electrons. The second-order valence-corrected chi connectivity index (χ2v) is 4.88. The predicted molar refractivity (Wildman–Crippen MR) is 69.7 cm³/mol. The van der Waals surface area contributed by atoms with Crippen molar-refractivity contribution in [3.05, 3.63) is 18.5 Å². The number of nitrogen functional groups attached to an aromatic ring is 1. The van der Waals surface area contributed by atoms with Crippen LogP contribution in [0.1, 0.15) is 25.7 Å². The monoisotopic (exact) mass is 235 g/mol. The summed E-state index contributed by atoms with van der Waals surface area (Å²) in [7, 11) is 0. The number of nitrogens with two attached hydrogens (primary N) is 1. The van der Waals surface area contributed by atoms with Crippen LogP contribution in [0.5, 0.6) is 0 Å². The van der Waals surface area contributed by atoms with Crippen LogP contribution in [0.3, 0.4) is 0 Å². The molecule has 0 spiro atoms. The molecule has 94 valence electrons. The smallest absolute Gasteiger partial charge is 0.0547 e. The van der Waals surface area contributed by atoms with E-state index in [-0.39, 0.29) is 0 Å². The number of nitrogens with zero attached hydrogens (tertiary/aromatic N) is 1. The third kappa shape index (κ3) is 3.33. The Balaban J connectivity index is 1.88. The van der Waals surface area contributed by atoms with Crippen LogP contribution in [0.15, 0.2) is 18.5 Å². The van der Waals surface area contributed by atoms with Crippen molar-refractivity contribution in [2.75, 3.05) is 24.2 Å². The van der Waals surface area contributed by atoms with Crippen molar-refractivity contribution >= 4 is 11.4 Å². The van der Waals surface area contributed by atoms with Crippen LogP contribution in [0.25, 0.3) is 0 Å². The first kappa shape index (κ1) is 12.2. The molecule has 2 unspecified atom stereocenters. The first-order valence-electron chi connectivity index (χ1n) is 6.35. The third-order valence-corrected chi connectivity index (χ3v) is 3.63. The van der Waals surface area contributed by atoms with Crippen molar-refractivity contribution in [2.24, 2.45) is 11.8 Å². The van der Waals surface area contributed by atoms with E-state index in [0.717, 1.165) is 18.7 Å². The fourth-order valence-electron chi connectivity index (χ4n) is 2.60. The Morgan fingerprint density at radius 3 is 2.76 bits per heavy atom. The predicted octanol–water partition coefficient (Wildman–Crippen LogP) is 1.87. The van der Waals surface area contributed by atoms with E-state index < -0.39 is 0 Å². The molecule has 1 aromatic heterocycles. The zero-order valence-electron chi connectivity index (χ0n) is 10.1. The Kier molecular flexibility index (Phi) is 4.20. The van der Waals surface area contributed by atoms with Crippen LogP contribution in [0, 0.1) is 11.8 Å². The van der Waals surface area contributed by atoms with Gasteiger partial charge in [-0.2, -0.15) is 0 Å². The summed E-state index contributed by atoms with van der Waals surface area (Å²) in [5.41, 5.74) is 7.32. The zero-order valence-corrected chi connectivity index (χ0v) is 10.1. The number of rotatable bonds is 4. The fraction of sp³-hybridized carbons (Fsp3) is 0.615.